The molecule has 0 saturated heterocycles. The molecular weight excluding hydrogens is 244 g/mol. The number of aromatic nitrogens is 1. The van der Waals surface area contributed by atoms with Gasteiger partial charge in [0.2, 0.25) is 5.91 Å². The molecule has 0 radical (unpaired) electrons. The van der Waals surface area contributed by atoms with Gasteiger partial charge in [-0.1, -0.05) is 0 Å². The van der Waals surface area contributed by atoms with Crippen molar-refractivity contribution in [2.45, 2.75) is 19.8 Å². The van der Waals surface area contributed by atoms with Crippen LogP contribution in [0.2, 0.25) is 0 Å². The minimum atomic E-state index is 0.109. The van der Waals surface area contributed by atoms with Crippen LogP contribution in [0.15, 0.2) is 16.9 Å². The number of rotatable bonds is 2. The van der Waals surface area contributed by atoms with Crippen LogP contribution in [0.25, 0.3) is 0 Å². The predicted octanol–water partition coefficient (Wildman–Crippen LogP) is 2.50. The highest BCUT2D eigenvalue weighted by molar-refractivity contribution is 9.10. The van der Waals surface area contributed by atoms with Gasteiger partial charge in [0.15, 0.2) is 0 Å². The number of carbonyl (C=O) groups is 1. The number of amides is 1. The van der Waals surface area contributed by atoms with Gasteiger partial charge in [-0.3, -0.25) is 4.79 Å². The number of halogens is 1. The van der Waals surface area contributed by atoms with Gasteiger partial charge in [-0.25, -0.2) is 4.98 Å². The van der Waals surface area contributed by atoms with E-state index in [2.05, 4.69) is 26.2 Å². The van der Waals surface area contributed by atoms with Crippen LogP contribution in [0.3, 0.4) is 0 Å². The van der Waals surface area contributed by atoms with Crippen LogP contribution >= 0.6 is 15.9 Å². The molecule has 0 unspecified atom stereocenters. The lowest BCUT2D eigenvalue weighted by molar-refractivity contribution is -0.117. The van der Waals surface area contributed by atoms with Crippen LogP contribution < -0.4 is 5.32 Å². The molecule has 1 aromatic heterocycles. The summed E-state index contributed by atoms with van der Waals surface area (Å²) in [6.45, 7) is 1.95. The van der Waals surface area contributed by atoms with Crippen molar-refractivity contribution in [1.29, 1.82) is 0 Å². The fourth-order valence-electron chi connectivity index (χ4n) is 1.22. The second-order valence-corrected chi connectivity index (χ2v) is 4.37. The first-order valence-corrected chi connectivity index (χ1v) is 5.39. The summed E-state index contributed by atoms with van der Waals surface area (Å²) in [6.07, 6.45) is 3.79. The monoisotopic (exact) mass is 254 g/mol. The molecule has 3 nitrogen and oxygen atoms in total. The molecule has 1 N–H and O–H groups in total. The van der Waals surface area contributed by atoms with Gasteiger partial charge in [0.05, 0.1) is 5.69 Å². The van der Waals surface area contributed by atoms with Gasteiger partial charge in [0.1, 0.15) is 4.60 Å². The van der Waals surface area contributed by atoms with Crippen molar-refractivity contribution >= 4 is 27.5 Å². The molecule has 0 aliphatic heterocycles. The summed E-state index contributed by atoms with van der Waals surface area (Å²) in [5.41, 5.74) is 1.81. The number of nitrogens with zero attached hydrogens (tertiary/aromatic N) is 1. The third kappa shape index (κ3) is 2.12. The number of nitrogens with one attached hydrogen (secondary N) is 1. The third-order valence-corrected chi connectivity index (χ3v) is 2.81. The summed E-state index contributed by atoms with van der Waals surface area (Å²) in [6, 6.07) is 1.91. The van der Waals surface area contributed by atoms with E-state index in [0.717, 1.165) is 24.1 Å². The van der Waals surface area contributed by atoms with E-state index in [-0.39, 0.29) is 11.8 Å². The van der Waals surface area contributed by atoms with Gasteiger partial charge in [-0.05, 0) is 47.3 Å². The molecule has 0 atom stereocenters. The van der Waals surface area contributed by atoms with Gasteiger partial charge in [0.25, 0.3) is 0 Å². The van der Waals surface area contributed by atoms with E-state index in [1.165, 1.54) is 0 Å². The highest BCUT2D eigenvalue weighted by Crippen LogP contribution is 2.31. The van der Waals surface area contributed by atoms with Crippen LogP contribution in [0.4, 0.5) is 5.69 Å². The van der Waals surface area contributed by atoms with Crippen LogP contribution in [0, 0.1) is 12.8 Å². The molecule has 1 heterocycles. The Hall–Kier alpha value is -0.900. The van der Waals surface area contributed by atoms with Gasteiger partial charge in [0, 0.05) is 12.1 Å². The van der Waals surface area contributed by atoms with Crippen molar-refractivity contribution in [3.05, 3.63) is 22.4 Å². The molecule has 1 saturated carbocycles. The third-order valence-electron chi connectivity index (χ3n) is 2.18. The fourth-order valence-corrected chi connectivity index (χ4v) is 1.54. The lowest BCUT2D eigenvalue weighted by Gasteiger charge is -2.06. The molecule has 1 aliphatic carbocycles. The quantitative estimate of drug-likeness (QED) is 0.825. The van der Waals surface area contributed by atoms with E-state index < -0.39 is 0 Å². The topological polar surface area (TPSA) is 42.0 Å². The molecule has 0 aromatic carbocycles. The van der Waals surface area contributed by atoms with E-state index in [1.54, 1.807) is 6.20 Å². The van der Waals surface area contributed by atoms with Crippen molar-refractivity contribution in [2.24, 2.45) is 5.92 Å². The Balaban J connectivity index is 2.14. The van der Waals surface area contributed by atoms with Crippen molar-refractivity contribution in [3.63, 3.8) is 0 Å². The van der Waals surface area contributed by atoms with E-state index in [1.807, 2.05) is 13.0 Å². The molecular formula is C10H11BrN2O. The fraction of sp³-hybridized carbons (Fsp3) is 0.400. The Labute approximate surface area is 91.0 Å². The highest BCUT2D eigenvalue weighted by Gasteiger charge is 2.29. The highest BCUT2D eigenvalue weighted by atomic mass is 79.9. The SMILES string of the molecule is Cc1cnc(Br)c(NC(=O)C2CC2)c1. The maximum absolute atomic E-state index is 11.5. The Morgan fingerprint density at radius 2 is 2.36 bits per heavy atom. The molecule has 14 heavy (non-hydrogen) atoms. The summed E-state index contributed by atoms with van der Waals surface area (Å²) >= 11 is 3.30. The molecule has 1 aromatic rings. The van der Waals surface area contributed by atoms with Gasteiger partial charge in [-0.2, -0.15) is 0 Å². The smallest absolute Gasteiger partial charge is 0.227 e. The molecule has 1 amide bonds. The second-order valence-electron chi connectivity index (χ2n) is 3.61. The molecule has 1 fully saturated rings. The first-order valence-electron chi connectivity index (χ1n) is 4.60. The average Bonchev–Trinajstić information content (AvgIpc) is 2.94. The maximum Gasteiger partial charge on any atom is 0.227 e. The lowest BCUT2D eigenvalue weighted by Crippen LogP contribution is -2.14. The summed E-state index contributed by atoms with van der Waals surface area (Å²) in [4.78, 5) is 15.6. The largest absolute Gasteiger partial charge is 0.324 e. The van der Waals surface area contributed by atoms with Crippen molar-refractivity contribution in [1.82, 2.24) is 4.98 Å². The second kappa shape index (κ2) is 3.69. The van der Waals surface area contributed by atoms with Gasteiger partial charge < -0.3 is 5.32 Å². The van der Waals surface area contributed by atoms with Crippen LogP contribution in [-0.4, -0.2) is 10.9 Å². The zero-order valence-corrected chi connectivity index (χ0v) is 9.47. The Morgan fingerprint density at radius 3 is 3.00 bits per heavy atom. The minimum Gasteiger partial charge on any atom is -0.324 e. The average molecular weight is 255 g/mol. The van der Waals surface area contributed by atoms with Crippen LogP contribution in [0.5, 0.6) is 0 Å². The zero-order chi connectivity index (χ0) is 10.1. The van der Waals surface area contributed by atoms with E-state index in [0.29, 0.717) is 4.60 Å². The molecule has 2 rings (SSSR count). The predicted molar refractivity (Wildman–Crippen MR) is 58.0 cm³/mol. The summed E-state index contributed by atoms with van der Waals surface area (Å²) < 4.78 is 0.692. The Bertz CT molecular complexity index is 374. The number of pyridine rings is 1. The first kappa shape index (κ1) is 9.65. The number of carbonyl (C=O) groups excluding carboxylic acids is 1. The van der Waals surface area contributed by atoms with E-state index in [4.69, 9.17) is 0 Å². The number of hydrogen-bond donors (Lipinski definition) is 1. The van der Waals surface area contributed by atoms with Gasteiger partial charge in [-0.15, -0.1) is 0 Å². The van der Waals surface area contributed by atoms with Crippen molar-refractivity contribution < 1.29 is 4.79 Å². The van der Waals surface area contributed by atoms with Crippen LogP contribution in [-0.2, 0) is 4.79 Å². The van der Waals surface area contributed by atoms with E-state index in [9.17, 15) is 4.79 Å². The van der Waals surface area contributed by atoms with Gasteiger partial charge >= 0.3 is 0 Å². The molecule has 74 valence electrons. The first-order chi connectivity index (χ1) is 6.66. The lowest BCUT2D eigenvalue weighted by atomic mass is 10.3. The number of anilines is 1. The maximum atomic E-state index is 11.5. The molecule has 0 spiro atoms. The Morgan fingerprint density at radius 1 is 1.64 bits per heavy atom. The zero-order valence-electron chi connectivity index (χ0n) is 7.88. The van der Waals surface area contributed by atoms with Crippen LogP contribution in [0.1, 0.15) is 18.4 Å². The van der Waals surface area contributed by atoms with Crippen molar-refractivity contribution in [2.75, 3.05) is 5.32 Å². The van der Waals surface area contributed by atoms with E-state index >= 15 is 0 Å². The minimum absolute atomic E-state index is 0.109. The van der Waals surface area contributed by atoms with Crippen molar-refractivity contribution in [3.8, 4) is 0 Å². The standard InChI is InChI=1S/C10H11BrN2O/c1-6-4-8(9(11)12-5-6)13-10(14)7-2-3-7/h4-5,7H,2-3H2,1H3,(H,13,14). The molecule has 0 bridgehead atoms. The summed E-state index contributed by atoms with van der Waals surface area (Å²) in [5, 5.41) is 2.86. The number of hydrogen-bond acceptors (Lipinski definition) is 2. The number of aryl methyl sites for hydroxylation is 1. The Kier molecular flexibility index (Phi) is 2.54. The molecule has 1 aliphatic rings. The normalized spacial score (nSPS) is 15.3. The summed E-state index contributed by atoms with van der Waals surface area (Å²) in [7, 11) is 0. The molecule has 4 heteroatoms. The summed E-state index contributed by atoms with van der Waals surface area (Å²) in [5.74, 6) is 0.334.